The average Bonchev–Trinajstić information content (AvgIpc) is 2.86. The van der Waals surface area contributed by atoms with Crippen molar-refractivity contribution in [1.82, 2.24) is 10.2 Å². The number of aromatic nitrogens is 2. The van der Waals surface area contributed by atoms with E-state index in [0.717, 1.165) is 5.56 Å². The van der Waals surface area contributed by atoms with Crippen LogP contribution in [0.25, 0.3) is 0 Å². The minimum absolute atomic E-state index is 0.159. The summed E-state index contributed by atoms with van der Waals surface area (Å²) >= 11 is 7.19. The van der Waals surface area contributed by atoms with Crippen LogP contribution < -0.4 is 10.1 Å². The van der Waals surface area contributed by atoms with Gasteiger partial charge in [-0.1, -0.05) is 23.4 Å². The van der Waals surface area contributed by atoms with Crippen LogP contribution >= 0.6 is 23.4 Å². The number of amides is 1. The number of nitrogens with one attached hydrogen (secondary N) is 1. The normalized spacial score (nSPS) is 10.5. The third kappa shape index (κ3) is 4.12. The number of carbonyl (C=O) groups excluding carboxylic acids is 1. The van der Waals surface area contributed by atoms with E-state index in [1.54, 1.807) is 19.1 Å². The number of anilines is 1. The fraction of sp³-hybridized carbons (Fsp3) is 0.308. The summed E-state index contributed by atoms with van der Waals surface area (Å²) in [6.45, 7) is 3.55. The number of thioether (sulfide) groups is 1. The second-order valence-electron chi connectivity index (χ2n) is 4.23. The van der Waals surface area contributed by atoms with Crippen molar-refractivity contribution in [2.75, 3.05) is 18.2 Å². The van der Waals surface area contributed by atoms with Crippen molar-refractivity contribution in [2.24, 2.45) is 0 Å². The zero-order valence-corrected chi connectivity index (χ0v) is 13.3. The summed E-state index contributed by atoms with van der Waals surface area (Å²) in [5.41, 5.74) is 1.43. The van der Waals surface area contributed by atoms with Gasteiger partial charge in [0.15, 0.2) is 0 Å². The maximum absolute atomic E-state index is 11.9. The van der Waals surface area contributed by atoms with E-state index in [0.29, 0.717) is 27.6 Å². The van der Waals surface area contributed by atoms with Crippen LogP contribution in [0.3, 0.4) is 0 Å². The fourth-order valence-electron chi connectivity index (χ4n) is 1.58. The molecule has 0 spiro atoms. The molecule has 0 aliphatic carbocycles. The first-order valence-corrected chi connectivity index (χ1v) is 7.43. The monoisotopic (exact) mass is 327 g/mol. The molecular formula is C13H14ClN3O3S. The van der Waals surface area contributed by atoms with E-state index >= 15 is 0 Å². The van der Waals surface area contributed by atoms with Gasteiger partial charge in [0.25, 0.3) is 5.22 Å². The topological polar surface area (TPSA) is 77.2 Å². The maximum Gasteiger partial charge on any atom is 0.277 e. The number of benzene rings is 1. The Hall–Kier alpha value is -1.73. The number of ether oxygens (including phenoxy) is 1. The van der Waals surface area contributed by atoms with Gasteiger partial charge in [-0.2, -0.15) is 0 Å². The van der Waals surface area contributed by atoms with Gasteiger partial charge in [0.2, 0.25) is 11.8 Å². The van der Waals surface area contributed by atoms with Crippen LogP contribution in [0.2, 0.25) is 5.02 Å². The number of methoxy groups -OCH3 is 1. The van der Waals surface area contributed by atoms with Gasteiger partial charge in [-0.05, 0) is 18.6 Å². The number of carbonyl (C=O) groups is 1. The minimum Gasteiger partial charge on any atom is -0.495 e. The van der Waals surface area contributed by atoms with Crippen molar-refractivity contribution in [2.45, 2.75) is 19.1 Å². The molecule has 0 aliphatic rings. The number of hydrogen-bond donors (Lipinski definition) is 1. The Morgan fingerprint density at radius 2 is 2.19 bits per heavy atom. The molecule has 0 saturated heterocycles. The summed E-state index contributed by atoms with van der Waals surface area (Å²) in [6.07, 6.45) is 0. The number of halogens is 1. The predicted octanol–water partition coefficient (Wildman–Crippen LogP) is 3.08. The van der Waals surface area contributed by atoms with E-state index < -0.39 is 0 Å². The summed E-state index contributed by atoms with van der Waals surface area (Å²) in [4.78, 5) is 11.9. The van der Waals surface area contributed by atoms with Gasteiger partial charge in [-0.25, -0.2) is 0 Å². The lowest BCUT2D eigenvalue weighted by atomic mass is 10.2. The largest absolute Gasteiger partial charge is 0.495 e. The molecule has 1 aromatic carbocycles. The van der Waals surface area contributed by atoms with Crippen LogP contribution in [0.15, 0.2) is 21.8 Å². The van der Waals surface area contributed by atoms with E-state index in [9.17, 15) is 4.79 Å². The fourth-order valence-corrected chi connectivity index (χ4v) is 2.34. The van der Waals surface area contributed by atoms with Crippen molar-refractivity contribution >= 4 is 35.0 Å². The van der Waals surface area contributed by atoms with Gasteiger partial charge in [-0.3, -0.25) is 4.79 Å². The van der Waals surface area contributed by atoms with Gasteiger partial charge in [0.05, 0.1) is 18.6 Å². The predicted molar refractivity (Wildman–Crippen MR) is 81.1 cm³/mol. The molecule has 0 unspecified atom stereocenters. The van der Waals surface area contributed by atoms with Crippen LogP contribution in [0.5, 0.6) is 5.75 Å². The molecule has 1 amide bonds. The maximum atomic E-state index is 11.9. The van der Waals surface area contributed by atoms with Crippen molar-refractivity contribution in [3.8, 4) is 5.75 Å². The van der Waals surface area contributed by atoms with E-state index in [1.165, 1.54) is 18.9 Å². The summed E-state index contributed by atoms with van der Waals surface area (Å²) in [6, 6.07) is 3.43. The smallest absolute Gasteiger partial charge is 0.277 e. The molecule has 8 heteroatoms. The minimum atomic E-state index is -0.198. The second-order valence-corrected chi connectivity index (χ2v) is 5.56. The zero-order chi connectivity index (χ0) is 15.4. The van der Waals surface area contributed by atoms with Crippen LogP contribution in [-0.2, 0) is 4.79 Å². The summed E-state index contributed by atoms with van der Waals surface area (Å²) < 4.78 is 10.4. The molecule has 0 bridgehead atoms. The first-order valence-electron chi connectivity index (χ1n) is 6.06. The average molecular weight is 328 g/mol. The molecule has 21 heavy (non-hydrogen) atoms. The van der Waals surface area contributed by atoms with Crippen molar-refractivity contribution in [1.29, 1.82) is 0 Å². The number of aryl methyl sites for hydroxylation is 2. The molecular weight excluding hydrogens is 314 g/mol. The third-order valence-corrected chi connectivity index (χ3v) is 3.81. The molecule has 0 fully saturated rings. The number of rotatable bonds is 5. The van der Waals surface area contributed by atoms with Gasteiger partial charge in [0.1, 0.15) is 5.75 Å². The molecule has 1 aromatic heterocycles. The number of hydrogen-bond acceptors (Lipinski definition) is 6. The highest BCUT2D eigenvalue weighted by molar-refractivity contribution is 7.99. The van der Waals surface area contributed by atoms with Crippen LogP contribution in [-0.4, -0.2) is 29.0 Å². The molecule has 6 nitrogen and oxygen atoms in total. The standard InChI is InChI=1S/C13H14ClN3O3S/c1-7-4-10(11(19-3)5-9(7)14)15-12(18)6-21-13-17-16-8(2)20-13/h4-5H,6H2,1-3H3,(H,15,18). The first-order chi connectivity index (χ1) is 9.99. The van der Waals surface area contributed by atoms with E-state index in [-0.39, 0.29) is 11.7 Å². The quantitative estimate of drug-likeness (QED) is 0.850. The van der Waals surface area contributed by atoms with E-state index in [2.05, 4.69) is 15.5 Å². The summed E-state index contributed by atoms with van der Waals surface area (Å²) in [7, 11) is 1.52. The lowest BCUT2D eigenvalue weighted by Crippen LogP contribution is -2.15. The molecule has 2 aromatic rings. The third-order valence-electron chi connectivity index (χ3n) is 2.59. The van der Waals surface area contributed by atoms with Crippen LogP contribution in [0.1, 0.15) is 11.5 Å². The molecule has 0 atom stereocenters. The van der Waals surface area contributed by atoms with E-state index in [1.807, 2.05) is 6.92 Å². The van der Waals surface area contributed by atoms with Crippen molar-refractivity contribution in [3.63, 3.8) is 0 Å². The molecule has 112 valence electrons. The van der Waals surface area contributed by atoms with Gasteiger partial charge >= 0.3 is 0 Å². The van der Waals surface area contributed by atoms with Crippen LogP contribution in [0, 0.1) is 13.8 Å². The highest BCUT2D eigenvalue weighted by Gasteiger charge is 2.12. The SMILES string of the molecule is COc1cc(Cl)c(C)cc1NC(=O)CSc1nnc(C)o1. The lowest BCUT2D eigenvalue weighted by Gasteiger charge is -2.11. The Bertz CT molecular complexity index is 660. The lowest BCUT2D eigenvalue weighted by molar-refractivity contribution is -0.113. The second kappa shape index (κ2) is 6.82. The molecule has 1 N–H and O–H groups in total. The summed E-state index contributed by atoms with van der Waals surface area (Å²) in [5.74, 6) is 0.938. The molecule has 1 heterocycles. The molecule has 0 aliphatic heterocycles. The highest BCUT2D eigenvalue weighted by atomic mass is 35.5. The van der Waals surface area contributed by atoms with Crippen molar-refractivity contribution in [3.05, 3.63) is 28.6 Å². The molecule has 2 rings (SSSR count). The van der Waals surface area contributed by atoms with Gasteiger partial charge in [-0.15, -0.1) is 10.2 Å². The highest BCUT2D eigenvalue weighted by Crippen LogP contribution is 2.31. The Morgan fingerprint density at radius 1 is 1.43 bits per heavy atom. The Kier molecular flexibility index (Phi) is 5.08. The van der Waals surface area contributed by atoms with Crippen molar-refractivity contribution < 1.29 is 13.9 Å². The molecule has 0 radical (unpaired) electrons. The van der Waals surface area contributed by atoms with Crippen LogP contribution in [0.4, 0.5) is 5.69 Å². The van der Waals surface area contributed by atoms with E-state index in [4.69, 9.17) is 20.8 Å². The van der Waals surface area contributed by atoms with Gasteiger partial charge in [0, 0.05) is 18.0 Å². The molecule has 0 saturated carbocycles. The first kappa shape index (κ1) is 15.7. The Balaban J connectivity index is 2.00. The Labute approximate surface area is 131 Å². The zero-order valence-electron chi connectivity index (χ0n) is 11.8. The van der Waals surface area contributed by atoms with Gasteiger partial charge < -0.3 is 14.5 Å². The number of nitrogens with zero attached hydrogens (tertiary/aromatic N) is 2. The summed E-state index contributed by atoms with van der Waals surface area (Å²) in [5, 5.41) is 11.2. The Morgan fingerprint density at radius 3 is 2.81 bits per heavy atom.